The maximum Gasteiger partial charge on any atom is 0.346 e. The number of aryl methyl sites for hydroxylation is 1. The Balaban J connectivity index is 0.000000194. The number of nitrogens with two attached hydrogens (primary N) is 1. The summed E-state index contributed by atoms with van der Waals surface area (Å²) in [6.45, 7) is 6.42. The van der Waals surface area contributed by atoms with Crippen LogP contribution in [0, 0.1) is 6.92 Å². The quantitative estimate of drug-likeness (QED) is 0.548. The van der Waals surface area contributed by atoms with Gasteiger partial charge in [-0.2, -0.15) is 4.98 Å². The molecule has 1 aliphatic carbocycles. The summed E-state index contributed by atoms with van der Waals surface area (Å²) >= 11 is 0. The van der Waals surface area contributed by atoms with E-state index in [2.05, 4.69) is 29.1 Å². The second-order valence-corrected chi connectivity index (χ2v) is 7.41. The van der Waals surface area contributed by atoms with Gasteiger partial charge in [0, 0.05) is 6.04 Å². The summed E-state index contributed by atoms with van der Waals surface area (Å²) in [6, 6.07) is 6.33. The van der Waals surface area contributed by atoms with Crippen LogP contribution in [0.15, 0.2) is 29.2 Å². The number of nitrogens with zero attached hydrogens (tertiary/aromatic N) is 1. The van der Waals surface area contributed by atoms with Gasteiger partial charge in [0.2, 0.25) is 0 Å². The Morgan fingerprint density at radius 3 is 2.43 bits per heavy atom. The zero-order chi connectivity index (χ0) is 20.4. The number of ether oxygens (including phenoxy) is 1. The Morgan fingerprint density at radius 2 is 1.86 bits per heavy atom. The monoisotopic (exact) mass is 386 g/mol. The predicted octanol–water partition coefficient (Wildman–Crippen LogP) is 5.40. The van der Waals surface area contributed by atoms with E-state index in [4.69, 9.17) is 10.5 Å². The lowest BCUT2D eigenvalue weighted by Gasteiger charge is -2.20. The lowest BCUT2D eigenvalue weighted by molar-refractivity contribution is 0.441. The molecule has 2 aliphatic rings. The van der Waals surface area contributed by atoms with Crippen molar-refractivity contribution in [2.75, 3.05) is 5.32 Å². The summed E-state index contributed by atoms with van der Waals surface area (Å²) in [5.41, 5.74) is 7.20. The first-order chi connectivity index (χ1) is 13.5. The Bertz CT molecular complexity index is 780. The van der Waals surface area contributed by atoms with Crippen molar-refractivity contribution in [2.45, 2.75) is 78.2 Å². The van der Waals surface area contributed by atoms with Crippen LogP contribution in [0.5, 0.6) is 11.5 Å². The molecule has 1 aliphatic heterocycles. The van der Waals surface area contributed by atoms with Gasteiger partial charge < -0.3 is 15.8 Å². The number of aromatic amines is 1. The van der Waals surface area contributed by atoms with Crippen LogP contribution in [0.2, 0.25) is 0 Å². The molecule has 6 nitrogen and oxygen atoms in total. The van der Waals surface area contributed by atoms with Crippen molar-refractivity contribution in [3.05, 3.63) is 40.4 Å². The molecule has 1 saturated carbocycles. The molecule has 6 heteroatoms. The number of H-pyrrole nitrogens is 1. The lowest BCUT2D eigenvalue weighted by Crippen LogP contribution is -2.22. The van der Waals surface area contributed by atoms with E-state index in [0.717, 1.165) is 17.0 Å². The second-order valence-electron chi connectivity index (χ2n) is 7.41. The van der Waals surface area contributed by atoms with Gasteiger partial charge in [-0.05, 0) is 37.5 Å². The Hall–Kier alpha value is -2.34. The highest BCUT2D eigenvalue weighted by Crippen LogP contribution is 2.39. The van der Waals surface area contributed by atoms with Gasteiger partial charge in [0.1, 0.15) is 0 Å². The second kappa shape index (κ2) is 11.5. The fourth-order valence-electron chi connectivity index (χ4n) is 3.12. The SMILES string of the molecule is CCCCC.Cc1ccc2c(c1)Nc1[nH]c(=O)ncc1O2.NC1CCCCC1. The highest BCUT2D eigenvalue weighted by molar-refractivity contribution is 5.72. The standard InChI is InChI=1S/C11H9N3O2.C6H13N.C5H12/c1-6-2-3-8-7(4-6)13-10-9(16-8)5-12-11(15)14-10;7-6-4-2-1-3-5-6;1-3-5-4-2/h2-5H,1H3,(H2,12,13,14,15);6H,1-5,7H2;3-5H2,1-2H3. The molecule has 2 aromatic rings. The van der Waals surface area contributed by atoms with Crippen LogP contribution >= 0.6 is 0 Å². The van der Waals surface area contributed by atoms with Crippen LogP contribution in [0.4, 0.5) is 11.5 Å². The summed E-state index contributed by atoms with van der Waals surface area (Å²) in [7, 11) is 0. The zero-order valence-electron chi connectivity index (χ0n) is 17.4. The summed E-state index contributed by atoms with van der Waals surface area (Å²) in [5.74, 6) is 1.79. The Morgan fingerprint density at radius 1 is 1.14 bits per heavy atom. The summed E-state index contributed by atoms with van der Waals surface area (Å²) in [4.78, 5) is 17.3. The molecule has 0 radical (unpaired) electrons. The molecule has 1 aromatic carbocycles. The molecule has 2 heterocycles. The van der Waals surface area contributed by atoms with E-state index in [9.17, 15) is 4.79 Å². The summed E-state index contributed by atoms with van der Waals surface area (Å²) < 4.78 is 5.59. The number of nitrogens with one attached hydrogen (secondary N) is 2. The molecule has 0 bridgehead atoms. The Labute approximate surface area is 167 Å². The number of anilines is 2. The van der Waals surface area contributed by atoms with Crippen LogP contribution in [-0.2, 0) is 0 Å². The topological polar surface area (TPSA) is 93.0 Å². The van der Waals surface area contributed by atoms with Crippen molar-refractivity contribution in [3.63, 3.8) is 0 Å². The maximum absolute atomic E-state index is 11.1. The van der Waals surface area contributed by atoms with Gasteiger partial charge in [0.25, 0.3) is 0 Å². The number of hydrogen-bond donors (Lipinski definition) is 3. The van der Waals surface area contributed by atoms with E-state index in [0.29, 0.717) is 17.6 Å². The van der Waals surface area contributed by atoms with E-state index < -0.39 is 5.69 Å². The van der Waals surface area contributed by atoms with Crippen LogP contribution in [0.1, 0.15) is 70.8 Å². The van der Waals surface area contributed by atoms with E-state index >= 15 is 0 Å². The van der Waals surface area contributed by atoms with Crippen molar-refractivity contribution in [1.29, 1.82) is 0 Å². The molecule has 0 amide bonds. The minimum absolute atomic E-state index is 0.397. The molecule has 1 fully saturated rings. The lowest BCUT2D eigenvalue weighted by atomic mass is 9.97. The van der Waals surface area contributed by atoms with E-state index in [1.54, 1.807) is 0 Å². The molecule has 0 atom stereocenters. The normalized spacial score (nSPS) is 14.7. The number of aromatic nitrogens is 2. The van der Waals surface area contributed by atoms with E-state index in [1.165, 1.54) is 57.6 Å². The molecule has 154 valence electrons. The number of hydrogen-bond acceptors (Lipinski definition) is 5. The fourth-order valence-corrected chi connectivity index (χ4v) is 3.12. The average molecular weight is 387 g/mol. The van der Waals surface area contributed by atoms with Crippen LogP contribution in [0.3, 0.4) is 0 Å². The van der Waals surface area contributed by atoms with Crippen molar-refractivity contribution in [2.24, 2.45) is 5.73 Å². The van der Waals surface area contributed by atoms with Gasteiger partial charge >= 0.3 is 5.69 Å². The summed E-state index contributed by atoms with van der Waals surface area (Å²) in [5, 5.41) is 3.10. The molecule has 4 rings (SSSR count). The Kier molecular flexibility index (Phi) is 9.01. The average Bonchev–Trinajstić information content (AvgIpc) is 2.68. The predicted molar refractivity (Wildman–Crippen MR) is 116 cm³/mol. The van der Waals surface area contributed by atoms with Gasteiger partial charge in [-0.25, -0.2) is 4.79 Å². The molecule has 4 N–H and O–H groups in total. The van der Waals surface area contributed by atoms with E-state index in [1.807, 2.05) is 25.1 Å². The third-order valence-corrected chi connectivity index (χ3v) is 4.75. The van der Waals surface area contributed by atoms with Crippen LogP contribution in [-0.4, -0.2) is 16.0 Å². The molecule has 1 aromatic heterocycles. The minimum Gasteiger partial charge on any atom is -0.450 e. The first-order valence-electron chi connectivity index (χ1n) is 10.4. The van der Waals surface area contributed by atoms with Crippen LogP contribution in [0.25, 0.3) is 0 Å². The van der Waals surface area contributed by atoms with Gasteiger partial charge in [0.05, 0.1) is 11.9 Å². The number of fused-ring (bicyclic) bond motifs is 2. The van der Waals surface area contributed by atoms with Crippen molar-refractivity contribution in [1.82, 2.24) is 9.97 Å². The first-order valence-corrected chi connectivity index (χ1v) is 10.4. The zero-order valence-corrected chi connectivity index (χ0v) is 17.4. The van der Waals surface area contributed by atoms with E-state index in [-0.39, 0.29) is 0 Å². The number of benzene rings is 1. The largest absolute Gasteiger partial charge is 0.450 e. The van der Waals surface area contributed by atoms with Crippen molar-refractivity contribution >= 4 is 11.5 Å². The number of unbranched alkanes of at least 4 members (excludes halogenated alkanes) is 2. The highest BCUT2D eigenvalue weighted by Gasteiger charge is 2.17. The molecule has 28 heavy (non-hydrogen) atoms. The van der Waals surface area contributed by atoms with Gasteiger partial charge in [0.15, 0.2) is 17.3 Å². The molecule has 0 saturated heterocycles. The fraction of sp³-hybridized carbons (Fsp3) is 0.545. The smallest absolute Gasteiger partial charge is 0.346 e. The van der Waals surface area contributed by atoms with Gasteiger partial charge in [-0.1, -0.05) is 58.4 Å². The van der Waals surface area contributed by atoms with Gasteiger partial charge in [-0.15, -0.1) is 0 Å². The molecule has 0 unspecified atom stereocenters. The summed E-state index contributed by atoms with van der Waals surface area (Å²) in [6.07, 6.45) is 12.1. The third-order valence-electron chi connectivity index (χ3n) is 4.75. The van der Waals surface area contributed by atoms with Crippen molar-refractivity contribution in [3.8, 4) is 11.5 Å². The minimum atomic E-state index is -0.397. The number of rotatable bonds is 2. The third kappa shape index (κ3) is 7.00. The molecular weight excluding hydrogens is 352 g/mol. The van der Waals surface area contributed by atoms with Crippen LogP contribution < -0.4 is 21.5 Å². The first kappa shape index (κ1) is 22.0. The van der Waals surface area contributed by atoms with Crippen molar-refractivity contribution < 1.29 is 4.74 Å². The molecular formula is C22H34N4O2. The van der Waals surface area contributed by atoms with Gasteiger partial charge in [-0.3, -0.25) is 4.98 Å². The highest BCUT2D eigenvalue weighted by atomic mass is 16.5. The molecule has 0 spiro atoms. The maximum atomic E-state index is 11.1.